The van der Waals surface area contributed by atoms with Crippen LogP contribution in [0.4, 0.5) is 0 Å². The summed E-state index contributed by atoms with van der Waals surface area (Å²) in [4.78, 5) is 12.3. The summed E-state index contributed by atoms with van der Waals surface area (Å²) in [6, 6.07) is 15.2. The fourth-order valence-electron chi connectivity index (χ4n) is 3.36. The second-order valence-corrected chi connectivity index (χ2v) is 10.4. The van der Waals surface area contributed by atoms with Gasteiger partial charge in [0.05, 0.1) is 19.0 Å². The molecule has 0 aliphatic carbocycles. The van der Waals surface area contributed by atoms with Gasteiger partial charge in [-0.1, -0.05) is 89.3 Å². The minimum atomic E-state index is -3.61. The number of hydrogen-bond acceptors (Lipinski definition) is 4. The number of amides is 1. The molecule has 0 heterocycles. The number of carbonyl (C=O) groups excluding carboxylic acids is 1. The molecule has 1 amide bonds. The van der Waals surface area contributed by atoms with Gasteiger partial charge in [0.1, 0.15) is 0 Å². The summed E-state index contributed by atoms with van der Waals surface area (Å²) in [5, 5.41) is 0. The van der Waals surface area contributed by atoms with Crippen molar-refractivity contribution in [2.24, 2.45) is 0 Å². The van der Waals surface area contributed by atoms with Crippen molar-refractivity contribution in [1.82, 2.24) is 4.72 Å². The van der Waals surface area contributed by atoms with Crippen LogP contribution in [-0.2, 0) is 28.0 Å². The third kappa shape index (κ3) is 9.53. The first-order valence-electron chi connectivity index (χ1n) is 11.6. The molecular weight excluding hydrogens is 422 g/mol. The van der Waals surface area contributed by atoms with Crippen LogP contribution in [0.5, 0.6) is 0 Å². The molecule has 0 bridgehead atoms. The fraction of sp³-hybridized carbons (Fsp3) is 0.500. The maximum atomic E-state index is 12.3. The standard InChI is InChI=1S/C26H37NO4S/c1-4-5-6-7-8-9-18-32(29,30)27-26(28)25-16-12-23(13-17-25)20-31-19-22-10-14-24(15-11-22)21(2)3/h10-17,21H,4-9,18-20H2,1-3H3,(H,27,28). The lowest BCUT2D eigenvalue weighted by atomic mass is 10.0. The van der Waals surface area contributed by atoms with E-state index in [4.69, 9.17) is 4.74 Å². The number of nitrogens with one attached hydrogen (secondary N) is 1. The lowest BCUT2D eigenvalue weighted by Crippen LogP contribution is -2.32. The Morgan fingerprint density at radius 2 is 1.38 bits per heavy atom. The molecular formula is C26H37NO4S. The van der Waals surface area contributed by atoms with Crippen LogP contribution < -0.4 is 4.72 Å². The van der Waals surface area contributed by atoms with E-state index in [0.717, 1.165) is 36.8 Å². The molecule has 2 rings (SSSR count). The summed E-state index contributed by atoms with van der Waals surface area (Å²) in [5.41, 5.74) is 3.66. The van der Waals surface area contributed by atoms with Crippen molar-refractivity contribution in [3.8, 4) is 0 Å². The summed E-state index contributed by atoms with van der Waals surface area (Å²) in [6.07, 6.45) is 5.93. The van der Waals surface area contributed by atoms with Crippen LogP contribution in [0.1, 0.15) is 92.3 Å². The zero-order valence-corrected chi connectivity index (χ0v) is 20.4. The summed E-state index contributed by atoms with van der Waals surface area (Å²) in [6.45, 7) is 7.41. The van der Waals surface area contributed by atoms with Crippen LogP contribution in [0.15, 0.2) is 48.5 Å². The normalized spacial score (nSPS) is 11.6. The largest absolute Gasteiger partial charge is 0.372 e. The third-order valence-corrected chi connectivity index (χ3v) is 6.74. The first-order valence-corrected chi connectivity index (χ1v) is 13.3. The predicted octanol–water partition coefficient (Wildman–Crippen LogP) is 5.95. The van der Waals surface area contributed by atoms with E-state index in [-0.39, 0.29) is 5.75 Å². The van der Waals surface area contributed by atoms with Crippen molar-refractivity contribution >= 4 is 15.9 Å². The number of sulfonamides is 1. The highest BCUT2D eigenvalue weighted by atomic mass is 32.2. The average Bonchev–Trinajstić information content (AvgIpc) is 2.76. The highest BCUT2D eigenvalue weighted by molar-refractivity contribution is 7.90. The first kappa shape index (κ1) is 26.1. The molecule has 0 aliphatic heterocycles. The Hall–Kier alpha value is -2.18. The van der Waals surface area contributed by atoms with Crippen molar-refractivity contribution in [3.63, 3.8) is 0 Å². The molecule has 1 N–H and O–H groups in total. The molecule has 176 valence electrons. The molecule has 5 nitrogen and oxygen atoms in total. The molecule has 0 aromatic heterocycles. The Balaban J connectivity index is 1.75. The van der Waals surface area contributed by atoms with Gasteiger partial charge in [-0.15, -0.1) is 0 Å². The van der Waals surface area contributed by atoms with Gasteiger partial charge in [0.15, 0.2) is 0 Å². The van der Waals surface area contributed by atoms with Crippen molar-refractivity contribution in [1.29, 1.82) is 0 Å². The molecule has 0 saturated heterocycles. The summed E-state index contributed by atoms with van der Waals surface area (Å²) < 4.78 is 32.2. The Labute approximate surface area is 193 Å². The lowest BCUT2D eigenvalue weighted by Gasteiger charge is -2.09. The van der Waals surface area contributed by atoms with E-state index >= 15 is 0 Å². The molecule has 0 atom stereocenters. The van der Waals surface area contributed by atoms with Crippen molar-refractivity contribution < 1.29 is 17.9 Å². The van der Waals surface area contributed by atoms with Crippen LogP contribution in [0, 0.1) is 0 Å². The van der Waals surface area contributed by atoms with Gasteiger partial charge < -0.3 is 4.74 Å². The minimum Gasteiger partial charge on any atom is -0.372 e. The Bertz CT molecular complexity index is 919. The highest BCUT2D eigenvalue weighted by Gasteiger charge is 2.15. The van der Waals surface area contributed by atoms with E-state index in [0.29, 0.717) is 31.1 Å². The van der Waals surface area contributed by atoms with Crippen LogP contribution >= 0.6 is 0 Å². The quantitative estimate of drug-likeness (QED) is 0.355. The van der Waals surface area contributed by atoms with Crippen LogP contribution in [0.2, 0.25) is 0 Å². The maximum Gasteiger partial charge on any atom is 0.264 e. The number of carbonyl (C=O) groups is 1. The molecule has 0 spiro atoms. The van der Waals surface area contributed by atoms with Gasteiger partial charge in [-0.3, -0.25) is 4.79 Å². The van der Waals surface area contributed by atoms with Gasteiger partial charge >= 0.3 is 0 Å². The Morgan fingerprint density at radius 3 is 1.94 bits per heavy atom. The second-order valence-electron chi connectivity index (χ2n) is 8.60. The smallest absolute Gasteiger partial charge is 0.264 e. The minimum absolute atomic E-state index is 0.0189. The number of unbranched alkanes of at least 4 members (excludes halogenated alkanes) is 5. The van der Waals surface area contributed by atoms with E-state index in [1.807, 2.05) is 0 Å². The Morgan fingerprint density at radius 1 is 0.844 bits per heavy atom. The van der Waals surface area contributed by atoms with E-state index < -0.39 is 15.9 Å². The van der Waals surface area contributed by atoms with E-state index in [1.54, 1.807) is 24.3 Å². The van der Waals surface area contributed by atoms with Crippen molar-refractivity contribution in [2.75, 3.05) is 5.75 Å². The molecule has 0 unspecified atom stereocenters. The molecule has 0 fully saturated rings. The van der Waals surface area contributed by atoms with Gasteiger partial charge in [0, 0.05) is 5.56 Å². The molecule has 0 radical (unpaired) electrons. The average molecular weight is 460 g/mol. The van der Waals surface area contributed by atoms with Gasteiger partial charge in [-0.05, 0) is 41.2 Å². The fourth-order valence-corrected chi connectivity index (χ4v) is 4.45. The molecule has 2 aromatic rings. The van der Waals surface area contributed by atoms with Crippen LogP contribution in [-0.4, -0.2) is 20.1 Å². The van der Waals surface area contributed by atoms with Gasteiger partial charge in [0.25, 0.3) is 5.91 Å². The molecule has 6 heteroatoms. The summed E-state index contributed by atoms with van der Waals surface area (Å²) in [5.74, 6) is -0.102. The molecule has 0 saturated carbocycles. The monoisotopic (exact) mass is 459 g/mol. The molecule has 2 aromatic carbocycles. The maximum absolute atomic E-state index is 12.3. The Kier molecular flexibility index (Phi) is 10.9. The van der Waals surface area contributed by atoms with Crippen molar-refractivity contribution in [3.05, 3.63) is 70.8 Å². The zero-order chi connectivity index (χ0) is 23.4. The highest BCUT2D eigenvalue weighted by Crippen LogP contribution is 2.16. The number of benzene rings is 2. The first-order chi connectivity index (χ1) is 15.3. The summed E-state index contributed by atoms with van der Waals surface area (Å²) in [7, 11) is -3.61. The zero-order valence-electron chi connectivity index (χ0n) is 19.6. The van der Waals surface area contributed by atoms with Gasteiger partial charge in [-0.2, -0.15) is 0 Å². The van der Waals surface area contributed by atoms with E-state index in [2.05, 4.69) is 49.8 Å². The molecule has 0 aliphatic rings. The predicted molar refractivity (Wildman–Crippen MR) is 130 cm³/mol. The van der Waals surface area contributed by atoms with Gasteiger partial charge in [0.2, 0.25) is 10.0 Å². The number of rotatable bonds is 14. The van der Waals surface area contributed by atoms with Crippen molar-refractivity contribution in [2.45, 2.75) is 78.4 Å². The number of hydrogen-bond donors (Lipinski definition) is 1. The molecule has 32 heavy (non-hydrogen) atoms. The van der Waals surface area contributed by atoms with Crippen LogP contribution in [0.25, 0.3) is 0 Å². The lowest BCUT2D eigenvalue weighted by molar-refractivity contribution is 0.0980. The summed E-state index contributed by atoms with van der Waals surface area (Å²) >= 11 is 0. The second kappa shape index (κ2) is 13.4. The number of ether oxygens (including phenoxy) is 1. The van der Waals surface area contributed by atoms with Gasteiger partial charge in [-0.25, -0.2) is 13.1 Å². The topological polar surface area (TPSA) is 72.5 Å². The van der Waals surface area contributed by atoms with Crippen LogP contribution in [0.3, 0.4) is 0 Å². The van der Waals surface area contributed by atoms with E-state index in [1.165, 1.54) is 12.0 Å². The van der Waals surface area contributed by atoms with E-state index in [9.17, 15) is 13.2 Å². The SMILES string of the molecule is CCCCCCCCS(=O)(=O)NC(=O)c1ccc(COCc2ccc(C(C)C)cc2)cc1. The third-order valence-electron chi connectivity index (χ3n) is 5.41.